The average molecular weight is 280 g/mol. The average Bonchev–Trinajstić information content (AvgIpc) is 2.83. The maximum Gasteiger partial charge on any atom is 0.231 e. The van der Waals surface area contributed by atoms with E-state index in [4.69, 9.17) is 5.73 Å². The van der Waals surface area contributed by atoms with Gasteiger partial charge in [-0.25, -0.2) is 0 Å². The first kappa shape index (κ1) is 12.1. The molecule has 4 rings (SSSR count). The van der Waals surface area contributed by atoms with E-state index in [1.165, 1.54) is 19.3 Å². The number of rotatable bonds is 3. The van der Waals surface area contributed by atoms with Gasteiger partial charge < -0.3 is 15.6 Å². The minimum Gasteiger partial charge on any atom is -0.383 e. The fraction of sp³-hybridized carbons (Fsp3) is 0.267. The van der Waals surface area contributed by atoms with Crippen LogP contribution >= 0.6 is 0 Å². The van der Waals surface area contributed by atoms with Crippen LogP contribution in [-0.4, -0.2) is 19.5 Å². The summed E-state index contributed by atoms with van der Waals surface area (Å²) < 4.78 is 2.22. The highest BCUT2D eigenvalue weighted by atomic mass is 15.2. The van der Waals surface area contributed by atoms with Crippen LogP contribution in [0.4, 0.5) is 17.5 Å². The zero-order valence-electron chi connectivity index (χ0n) is 11.5. The van der Waals surface area contributed by atoms with Crippen molar-refractivity contribution in [1.29, 1.82) is 0 Å². The Morgan fingerprint density at radius 2 is 1.95 bits per heavy atom. The molecule has 3 heterocycles. The van der Waals surface area contributed by atoms with Crippen LogP contribution in [0.25, 0.3) is 11.0 Å². The first-order valence-corrected chi connectivity index (χ1v) is 7.12. The summed E-state index contributed by atoms with van der Waals surface area (Å²) in [5, 5.41) is 4.09. The lowest BCUT2D eigenvalue weighted by Gasteiger charge is -2.27. The van der Waals surface area contributed by atoms with Crippen molar-refractivity contribution in [2.24, 2.45) is 0 Å². The third-order valence-corrected chi connectivity index (χ3v) is 4.01. The highest BCUT2D eigenvalue weighted by Crippen LogP contribution is 2.35. The zero-order chi connectivity index (χ0) is 14.2. The van der Waals surface area contributed by atoms with Crippen molar-refractivity contribution in [3.8, 4) is 0 Å². The van der Waals surface area contributed by atoms with Crippen LogP contribution in [0.3, 0.4) is 0 Å². The molecule has 0 saturated heterocycles. The number of nitrogens with one attached hydrogen (secondary N) is 1. The number of hydrogen-bond donors (Lipinski definition) is 2. The highest BCUT2D eigenvalue weighted by Gasteiger charge is 2.22. The summed E-state index contributed by atoms with van der Waals surface area (Å²) in [6, 6.07) is 6.29. The van der Waals surface area contributed by atoms with Crippen LogP contribution in [0, 0.1) is 0 Å². The number of fused-ring (bicyclic) bond motifs is 1. The highest BCUT2D eigenvalue weighted by molar-refractivity contribution is 5.87. The monoisotopic (exact) mass is 280 g/mol. The maximum atomic E-state index is 6.07. The summed E-state index contributed by atoms with van der Waals surface area (Å²) in [5.74, 6) is 1.03. The zero-order valence-corrected chi connectivity index (χ0v) is 11.5. The fourth-order valence-electron chi connectivity index (χ4n) is 2.64. The van der Waals surface area contributed by atoms with Gasteiger partial charge in [-0.05, 0) is 37.5 Å². The van der Waals surface area contributed by atoms with E-state index in [0.717, 1.165) is 16.7 Å². The van der Waals surface area contributed by atoms with Crippen LogP contribution in [0.15, 0.2) is 36.8 Å². The van der Waals surface area contributed by atoms with E-state index < -0.39 is 0 Å². The molecular formula is C15H16N6. The number of hydrogen-bond acceptors (Lipinski definition) is 5. The molecule has 3 N–H and O–H groups in total. The molecule has 0 aromatic carbocycles. The van der Waals surface area contributed by atoms with Crippen molar-refractivity contribution in [2.75, 3.05) is 11.1 Å². The molecule has 0 aliphatic heterocycles. The van der Waals surface area contributed by atoms with Crippen LogP contribution in [0.5, 0.6) is 0 Å². The van der Waals surface area contributed by atoms with Crippen molar-refractivity contribution in [3.05, 3.63) is 36.8 Å². The minimum absolute atomic E-state index is 0.509. The van der Waals surface area contributed by atoms with Crippen LogP contribution in [0.2, 0.25) is 0 Å². The Bertz CT molecular complexity index is 775. The van der Waals surface area contributed by atoms with Crippen molar-refractivity contribution in [3.63, 3.8) is 0 Å². The molecule has 3 aromatic heterocycles. The second-order valence-corrected chi connectivity index (χ2v) is 5.34. The Morgan fingerprint density at radius 1 is 1.14 bits per heavy atom. The van der Waals surface area contributed by atoms with Crippen LogP contribution in [-0.2, 0) is 0 Å². The molecule has 0 unspecified atom stereocenters. The van der Waals surface area contributed by atoms with E-state index >= 15 is 0 Å². The van der Waals surface area contributed by atoms with Gasteiger partial charge in [-0.1, -0.05) is 0 Å². The SMILES string of the molecule is Nc1nc(Nc2ccncc2)nc2c1ccn2C1CCC1. The van der Waals surface area contributed by atoms with Crippen molar-refractivity contribution in [2.45, 2.75) is 25.3 Å². The molecule has 0 amide bonds. The number of pyridine rings is 1. The van der Waals surface area contributed by atoms with E-state index in [-0.39, 0.29) is 0 Å². The van der Waals surface area contributed by atoms with Crippen molar-refractivity contribution >= 4 is 28.5 Å². The van der Waals surface area contributed by atoms with Gasteiger partial charge >= 0.3 is 0 Å². The molecule has 1 aliphatic rings. The van der Waals surface area contributed by atoms with Gasteiger partial charge in [0.05, 0.1) is 5.39 Å². The summed E-state index contributed by atoms with van der Waals surface area (Å²) in [6.07, 6.45) is 9.22. The van der Waals surface area contributed by atoms with E-state index in [9.17, 15) is 0 Å². The standard InChI is InChI=1S/C15H16N6/c16-13-12-6-9-21(11-2-1-3-11)14(12)20-15(19-13)18-10-4-7-17-8-5-10/h4-9,11H,1-3H2,(H3,16,17,18,19,20). The molecule has 0 bridgehead atoms. The van der Waals surface area contributed by atoms with E-state index in [2.05, 4.69) is 31.0 Å². The second kappa shape index (κ2) is 4.73. The molecule has 1 aliphatic carbocycles. The smallest absolute Gasteiger partial charge is 0.231 e. The van der Waals surface area contributed by atoms with Crippen molar-refractivity contribution < 1.29 is 0 Å². The third kappa shape index (κ3) is 2.08. The Labute approximate surface area is 122 Å². The molecule has 0 atom stereocenters. The molecular weight excluding hydrogens is 264 g/mol. The van der Waals surface area contributed by atoms with Gasteiger partial charge in [-0.2, -0.15) is 9.97 Å². The Kier molecular flexibility index (Phi) is 2.73. The summed E-state index contributed by atoms with van der Waals surface area (Å²) in [5.41, 5.74) is 7.87. The van der Waals surface area contributed by atoms with Gasteiger partial charge in [0, 0.05) is 30.3 Å². The number of nitrogen functional groups attached to an aromatic ring is 1. The summed E-state index contributed by atoms with van der Waals surface area (Å²) in [7, 11) is 0. The number of aromatic nitrogens is 4. The van der Waals surface area contributed by atoms with Gasteiger partial charge in [0.1, 0.15) is 11.5 Å². The Balaban J connectivity index is 1.76. The van der Waals surface area contributed by atoms with Crippen LogP contribution < -0.4 is 11.1 Å². The topological polar surface area (TPSA) is 81.7 Å². The number of nitrogens with two attached hydrogens (primary N) is 1. The van der Waals surface area contributed by atoms with Gasteiger partial charge in [-0.15, -0.1) is 0 Å². The molecule has 6 heteroatoms. The predicted octanol–water partition coefficient (Wildman–Crippen LogP) is 2.88. The van der Waals surface area contributed by atoms with Crippen molar-refractivity contribution in [1.82, 2.24) is 19.5 Å². The van der Waals surface area contributed by atoms with E-state index in [1.807, 2.05) is 18.2 Å². The third-order valence-electron chi connectivity index (χ3n) is 4.01. The predicted molar refractivity (Wildman–Crippen MR) is 82.3 cm³/mol. The van der Waals surface area contributed by atoms with Gasteiger partial charge in [0.2, 0.25) is 5.95 Å². The molecule has 1 saturated carbocycles. The molecule has 6 nitrogen and oxygen atoms in total. The van der Waals surface area contributed by atoms with E-state index in [0.29, 0.717) is 17.8 Å². The number of anilines is 3. The molecule has 3 aromatic rings. The van der Waals surface area contributed by atoms with E-state index in [1.54, 1.807) is 12.4 Å². The minimum atomic E-state index is 0.509. The maximum absolute atomic E-state index is 6.07. The molecule has 106 valence electrons. The van der Waals surface area contributed by atoms with Crippen LogP contribution in [0.1, 0.15) is 25.3 Å². The van der Waals surface area contributed by atoms with Gasteiger partial charge in [-0.3, -0.25) is 4.98 Å². The quantitative estimate of drug-likeness (QED) is 0.771. The molecule has 0 spiro atoms. The molecule has 21 heavy (non-hydrogen) atoms. The first-order chi connectivity index (χ1) is 10.3. The lowest BCUT2D eigenvalue weighted by molar-refractivity contribution is 0.320. The Morgan fingerprint density at radius 3 is 2.67 bits per heavy atom. The second-order valence-electron chi connectivity index (χ2n) is 5.34. The summed E-state index contributed by atoms with van der Waals surface area (Å²) in [6.45, 7) is 0. The molecule has 0 radical (unpaired) electrons. The lowest BCUT2D eigenvalue weighted by Crippen LogP contribution is -2.16. The summed E-state index contributed by atoms with van der Waals surface area (Å²) >= 11 is 0. The largest absolute Gasteiger partial charge is 0.383 e. The Hall–Kier alpha value is -2.63. The van der Waals surface area contributed by atoms with Gasteiger partial charge in [0.25, 0.3) is 0 Å². The number of nitrogens with zero attached hydrogens (tertiary/aromatic N) is 4. The van der Waals surface area contributed by atoms with Gasteiger partial charge in [0.15, 0.2) is 0 Å². The fourth-order valence-corrected chi connectivity index (χ4v) is 2.64. The molecule has 1 fully saturated rings. The lowest BCUT2D eigenvalue weighted by atomic mass is 9.93. The summed E-state index contributed by atoms with van der Waals surface area (Å²) in [4.78, 5) is 13.0. The first-order valence-electron chi connectivity index (χ1n) is 7.12. The normalized spacial score (nSPS) is 15.0.